The maximum atomic E-state index is 12.6. The average molecular weight is 434 g/mol. The fourth-order valence-electron chi connectivity index (χ4n) is 4.57. The van der Waals surface area contributed by atoms with E-state index in [0.29, 0.717) is 31.1 Å². The number of rotatable bonds is 7. The van der Waals surface area contributed by atoms with E-state index in [2.05, 4.69) is 32.6 Å². The van der Waals surface area contributed by atoms with Gasteiger partial charge >= 0.3 is 0 Å². The zero-order chi connectivity index (χ0) is 21.8. The molecule has 166 valence electrons. The van der Waals surface area contributed by atoms with Gasteiger partial charge in [0.05, 0.1) is 0 Å². The van der Waals surface area contributed by atoms with Crippen LogP contribution in [0.1, 0.15) is 50.0 Å². The number of pyridine rings is 1. The molecule has 0 radical (unpaired) electrons. The van der Waals surface area contributed by atoms with E-state index in [9.17, 15) is 4.79 Å². The van der Waals surface area contributed by atoms with E-state index in [0.717, 1.165) is 42.7 Å². The molecule has 3 aromatic rings. The van der Waals surface area contributed by atoms with Gasteiger partial charge in [0.2, 0.25) is 24.4 Å². The molecule has 8 nitrogen and oxygen atoms in total. The highest BCUT2D eigenvalue weighted by Crippen LogP contribution is 2.43. The van der Waals surface area contributed by atoms with Gasteiger partial charge in [0.15, 0.2) is 11.5 Å². The molecule has 1 saturated carbocycles. The Kier molecular flexibility index (Phi) is 5.75. The van der Waals surface area contributed by atoms with Gasteiger partial charge in [-0.1, -0.05) is 30.5 Å². The number of hydrogen-bond donors (Lipinski definition) is 1. The maximum Gasteiger partial charge on any atom is 0.231 e. The second kappa shape index (κ2) is 8.98. The molecule has 1 fully saturated rings. The van der Waals surface area contributed by atoms with E-state index in [4.69, 9.17) is 14.0 Å². The Morgan fingerprint density at radius 2 is 1.84 bits per heavy atom. The monoisotopic (exact) mass is 434 g/mol. The van der Waals surface area contributed by atoms with Crippen molar-refractivity contribution >= 4 is 5.91 Å². The van der Waals surface area contributed by atoms with Crippen LogP contribution in [0.2, 0.25) is 0 Å². The summed E-state index contributed by atoms with van der Waals surface area (Å²) < 4.78 is 16.4. The number of hydrogen-bond acceptors (Lipinski definition) is 7. The minimum atomic E-state index is -0.0755. The topological polar surface area (TPSA) is 99.4 Å². The summed E-state index contributed by atoms with van der Waals surface area (Å²) in [7, 11) is 0. The Morgan fingerprint density at radius 1 is 1.03 bits per heavy atom. The van der Waals surface area contributed by atoms with E-state index in [1.165, 1.54) is 12.0 Å². The van der Waals surface area contributed by atoms with Crippen LogP contribution in [0.3, 0.4) is 0 Å². The summed E-state index contributed by atoms with van der Waals surface area (Å²) in [6, 6.07) is 9.82. The second-order valence-electron chi connectivity index (χ2n) is 8.43. The predicted octanol–water partition coefficient (Wildman–Crippen LogP) is 3.81. The Labute approximate surface area is 186 Å². The smallest absolute Gasteiger partial charge is 0.231 e. The van der Waals surface area contributed by atoms with Crippen LogP contribution < -0.4 is 14.8 Å². The van der Waals surface area contributed by atoms with Gasteiger partial charge in [0.1, 0.15) is 0 Å². The summed E-state index contributed by atoms with van der Waals surface area (Å²) in [6.07, 6.45) is 9.71. The highest BCUT2D eigenvalue weighted by molar-refractivity contribution is 5.76. The van der Waals surface area contributed by atoms with Crippen molar-refractivity contribution in [3.63, 3.8) is 0 Å². The number of aromatic nitrogens is 3. The molecule has 1 N–H and O–H groups in total. The van der Waals surface area contributed by atoms with Crippen LogP contribution in [0.25, 0.3) is 11.4 Å². The first-order chi connectivity index (χ1) is 15.7. The molecule has 3 heterocycles. The summed E-state index contributed by atoms with van der Waals surface area (Å²) >= 11 is 0. The number of carbonyl (C=O) groups excluding carboxylic acids is 1. The molecule has 2 aromatic heterocycles. The highest BCUT2D eigenvalue weighted by Gasteiger charge is 2.35. The zero-order valence-electron chi connectivity index (χ0n) is 17.9. The molecule has 0 bridgehead atoms. The number of benzene rings is 1. The first-order valence-corrected chi connectivity index (χ1v) is 11.1. The molecule has 5 rings (SSSR count). The summed E-state index contributed by atoms with van der Waals surface area (Å²) in [6.45, 7) is 0.874. The van der Waals surface area contributed by atoms with Crippen molar-refractivity contribution in [1.82, 2.24) is 20.4 Å². The number of nitrogens with one attached hydrogen (secondary N) is 1. The second-order valence-corrected chi connectivity index (χ2v) is 8.43. The van der Waals surface area contributed by atoms with Gasteiger partial charge in [0.25, 0.3) is 0 Å². The summed E-state index contributed by atoms with van der Waals surface area (Å²) in [4.78, 5) is 21.0. The lowest BCUT2D eigenvalue weighted by molar-refractivity contribution is -0.121. The summed E-state index contributed by atoms with van der Waals surface area (Å²) in [5, 5.41) is 7.15. The standard InChI is InChI=1S/C24H26N4O4/c29-21(6-7-22-27-23(28-32-22)17-8-12-25-13-9-17)26-15-24(10-2-1-3-11-24)18-4-5-19-20(14-18)31-16-30-19/h4-5,8-9,12-14H,1-3,6-7,10-11,15-16H2,(H,26,29). The fourth-order valence-corrected chi connectivity index (χ4v) is 4.57. The fraction of sp³-hybridized carbons (Fsp3) is 0.417. The molecule has 1 aliphatic heterocycles. The Morgan fingerprint density at radius 3 is 2.69 bits per heavy atom. The molecule has 1 amide bonds. The van der Waals surface area contributed by atoms with E-state index < -0.39 is 0 Å². The average Bonchev–Trinajstić information content (AvgIpc) is 3.52. The molecule has 2 aliphatic rings. The lowest BCUT2D eigenvalue weighted by Crippen LogP contribution is -2.42. The number of carbonyl (C=O) groups is 1. The Bertz CT molecular complexity index is 1080. The van der Waals surface area contributed by atoms with Gasteiger partial charge in [-0.3, -0.25) is 9.78 Å². The Hall–Kier alpha value is -3.42. The SMILES string of the molecule is O=C(CCc1nc(-c2ccncc2)no1)NCC1(c2ccc3c(c2)OCO3)CCCCC1. The van der Waals surface area contributed by atoms with Crippen molar-refractivity contribution in [2.75, 3.05) is 13.3 Å². The number of ether oxygens (including phenoxy) is 2. The number of aryl methyl sites for hydroxylation is 1. The van der Waals surface area contributed by atoms with Gasteiger partial charge in [-0.15, -0.1) is 0 Å². The molecule has 0 saturated heterocycles. The third-order valence-electron chi connectivity index (χ3n) is 6.39. The van der Waals surface area contributed by atoms with E-state index in [1.807, 2.05) is 18.2 Å². The Balaban J connectivity index is 1.20. The van der Waals surface area contributed by atoms with E-state index in [1.54, 1.807) is 12.4 Å². The predicted molar refractivity (Wildman–Crippen MR) is 116 cm³/mol. The molecule has 0 spiro atoms. The molecular weight excluding hydrogens is 408 g/mol. The van der Waals surface area contributed by atoms with Gasteiger partial charge in [-0.2, -0.15) is 4.98 Å². The summed E-state index contributed by atoms with van der Waals surface area (Å²) in [5.74, 6) is 2.52. The molecule has 0 atom stereocenters. The van der Waals surface area contributed by atoms with Crippen LogP contribution in [0, 0.1) is 0 Å². The third kappa shape index (κ3) is 4.30. The summed E-state index contributed by atoms with van der Waals surface area (Å²) in [5.41, 5.74) is 1.97. The lowest BCUT2D eigenvalue weighted by Gasteiger charge is -2.38. The van der Waals surface area contributed by atoms with Crippen LogP contribution >= 0.6 is 0 Å². The minimum Gasteiger partial charge on any atom is -0.454 e. The van der Waals surface area contributed by atoms with Crippen molar-refractivity contribution in [3.05, 3.63) is 54.2 Å². The molecule has 1 aromatic carbocycles. The van der Waals surface area contributed by atoms with Crippen LogP contribution in [0.5, 0.6) is 11.5 Å². The number of fused-ring (bicyclic) bond motifs is 1. The number of amides is 1. The van der Waals surface area contributed by atoms with Crippen LogP contribution in [0.15, 0.2) is 47.2 Å². The van der Waals surface area contributed by atoms with Crippen LogP contribution in [0.4, 0.5) is 0 Å². The van der Waals surface area contributed by atoms with Crippen LogP contribution in [-0.2, 0) is 16.6 Å². The normalized spacial score (nSPS) is 16.6. The van der Waals surface area contributed by atoms with Crippen molar-refractivity contribution in [3.8, 4) is 22.9 Å². The van der Waals surface area contributed by atoms with Crippen molar-refractivity contribution in [2.24, 2.45) is 0 Å². The molecule has 8 heteroatoms. The largest absolute Gasteiger partial charge is 0.454 e. The first kappa shape index (κ1) is 20.5. The van der Waals surface area contributed by atoms with Crippen molar-refractivity contribution < 1.29 is 18.8 Å². The lowest BCUT2D eigenvalue weighted by atomic mass is 9.69. The van der Waals surface area contributed by atoms with Crippen molar-refractivity contribution in [2.45, 2.75) is 50.4 Å². The third-order valence-corrected chi connectivity index (χ3v) is 6.39. The van der Waals surface area contributed by atoms with Gasteiger partial charge in [-0.05, 0) is 42.7 Å². The molecular formula is C24H26N4O4. The quantitative estimate of drug-likeness (QED) is 0.604. The first-order valence-electron chi connectivity index (χ1n) is 11.1. The zero-order valence-corrected chi connectivity index (χ0v) is 17.9. The van der Waals surface area contributed by atoms with Crippen LogP contribution in [-0.4, -0.2) is 34.4 Å². The van der Waals surface area contributed by atoms with Gasteiger partial charge in [0, 0.05) is 42.8 Å². The maximum absolute atomic E-state index is 12.6. The minimum absolute atomic E-state index is 0.0145. The van der Waals surface area contributed by atoms with E-state index in [-0.39, 0.29) is 18.1 Å². The van der Waals surface area contributed by atoms with E-state index >= 15 is 0 Å². The van der Waals surface area contributed by atoms with Crippen molar-refractivity contribution in [1.29, 1.82) is 0 Å². The van der Waals surface area contributed by atoms with Gasteiger partial charge < -0.3 is 19.3 Å². The number of nitrogens with zero attached hydrogens (tertiary/aromatic N) is 3. The molecule has 32 heavy (non-hydrogen) atoms. The highest BCUT2D eigenvalue weighted by atomic mass is 16.7. The molecule has 0 unspecified atom stereocenters. The van der Waals surface area contributed by atoms with Gasteiger partial charge in [-0.25, -0.2) is 0 Å². The molecule has 1 aliphatic carbocycles.